The van der Waals surface area contributed by atoms with Crippen LogP contribution >= 0.6 is 0 Å². The van der Waals surface area contributed by atoms with Crippen molar-refractivity contribution < 1.29 is 59.8 Å². The third-order valence-corrected chi connectivity index (χ3v) is 7.01. The van der Waals surface area contributed by atoms with Crippen molar-refractivity contribution in [3.05, 3.63) is 0 Å². The zero-order chi connectivity index (χ0) is 26.2. The minimum absolute atomic E-state index is 0.0613. The molecule has 0 bridgehead atoms. The van der Waals surface area contributed by atoms with Crippen molar-refractivity contribution in [1.29, 1.82) is 0 Å². The molecule has 1 saturated carbocycles. The number of nitrogens with two attached hydrogens (primary N) is 4. The van der Waals surface area contributed by atoms with Crippen molar-refractivity contribution >= 4 is 0 Å². The lowest BCUT2D eigenvalue weighted by molar-refractivity contribution is -0.369. The predicted molar refractivity (Wildman–Crippen MR) is 114 cm³/mol. The Morgan fingerprint density at radius 3 is 1.91 bits per heavy atom. The van der Waals surface area contributed by atoms with Crippen molar-refractivity contribution in [3.63, 3.8) is 0 Å². The van der Waals surface area contributed by atoms with Crippen molar-refractivity contribution in [2.24, 2.45) is 22.9 Å². The lowest BCUT2D eigenvalue weighted by Gasteiger charge is -2.50. The Bertz CT molecular complexity index is 690. The molecule has 3 aliphatic rings. The van der Waals surface area contributed by atoms with Crippen LogP contribution in [-0.2, 0) is 18.9 Å². The average Bonchev–Trinajstić information content (AvgIpc) is 2.84. The lowest BCUT2D eigenvalue weighted by Crippen LogP contribution is -2.71. The van der Waals surface area contributed by atoms with Crippen LogP contribution in [0, 0.1) is 0 Å². The molecule has 16 N–H and O–H groups in total. The molecule has 16 heteroatoms. The molecule has 0 aromatic rings. The molecule has 0 aromatic carbocycles. The molecule has 0 amide bonds. The van der Waals surface area contributed by atoms with Gasteiger partial charge in [0.25, 0.3) is 0 Å². The molecule has 3 rings (SSSR count). The quantitative estimate of drug-likeness (QED) is 0.150. The first-order chi connectivity index (χ1) is 16.4. The highest BCUT2D eigenvalue weighted by Gasteiger charge is 2.56. The molecule has 3 fully saturated rings. The molecule has 0 unspecified atom stereocenters. The van der Waals surface area contributed by atoms with E-state index in [-0.39, 0.29) is 13.0 Å². The highest BCUT2D eigenvalue weighted by molar-refractivity contribution is 5.03. The van der Waals surface area contributed by atoms with E-state index in [1.807, 2.05) is 0 Å². The van der Waals surface area contributed by atoms with Crippen LogP contribution in [0.15, 0.2) is 0 Å². The summed E-state index contributed by atoms with van der Waals surface area (Å²) >= 11 is 0. The van der Waals surface area contributed by atoms with Crippen molar-refractivity contribution in [2.45, 2.75) is 97.7 Å². The molecule has 35 heavy (non-hydrogen) atoms. The highest BCUT2D eigenvalue weighted by atomic mass is 16.7. The van der Waals surface area contributed by atoms with Crippen LogP contribution in [0.2, 0.25) is 0 Å². The van der Waals surface area contributed by atoms with Gasteiger partial charge in [0.05, 0.1) is 25.4 Å². The van der Waals surface area contributed by atoms with E-state index >= 15 is 0 Å². The second-order valence-corrected chi connectivity index (χ2v) is 9.39. The maximum absolute atomic E-state index is 10.8. The van der Waals surface area contributed by atoms with Gasteiger partial charge in [-0.05, 0) is 6.42 Å². The highest BCUT2D eigenvalue weighted by Crippen LogP contribution is 2.34. The molecule has 0 radical (unpaired) electrons. The van der Waals surface area contributed by atoms with Crippen LogP contribution in [0.25, 0.3) is 0 Å². The van der Waals surface area contributed by atoms with Crippen molar-refractivity contribution in [1.82, 2.24) is 0 Å². The number of ether oxygens (including phenoxy) is 4. The summed E-state index contributed by atoms with van der Waals surface area (Å²) in [6.45, 7) is -2.04. The molecule has 16 nitrogen and oxygen atoms in total. The molecular formula is C19H38N4O12. The van der Waals surface area contributed by atoms with E-state index in [2.05, 4.69) is 0 Å². The van der Waals surface area contributed by atoms with Crippen molar-refractivity contribution in [2.75, 3.05) is 19.8 Å². The van der Waals surface area contributed by atoms with Crippen LogP contribution in [0.3, 0.4) is 0 Å². The monoisotopic (exact) mass is 514 g/mol. The van der Waals surface area contributed by atoms with Crippen molar-refractivity contribution in [3.8, 4) is 0 Å². The number of aliphatic hydroxyl groups is 8. The third-order valence-electron chi connectivity index (χ3n) is 7.01. The lowest BCUT2D eigenvalue weighted by atomic mass is 9.84. The first kappa shape index (κ1) is 28.9. The fourth-order valence-electron chi connectivity index (χ4n) is 4.63. The summed E-state index contributed by atoms with van der Waals surface area (Å²) in [6.07, 6.45) is -16.6. The average molecular weight is 515 g/mol. The van der Waals surface area contributed by atoms with Gasteiger partial charge >= 0.3 is 0 Å². The summed E-state index contributed by atoms with van der Waals surface area (Å²) in [6, 6.07) is -3.03. The van der Waals surface area contributed by atoms with Gasteiger partial charge in [-0.15, -0.1) is 0 Å². The fourth-order valence-corrected chi connectivity index (χ4v) is 4.63. The van der Waals surface area contributed by atoms with E-state index in [1.54, 1.807) is 0 Å². The Balaban J connectivity index is 1.85. The van der Waals surface area contributed by atoms with Gasteiger partial charge in [0.15, 0.2) is 12.6 Å². The molecule has 2 aliphatic heterocycles. The second kappa shape index (κ2) is 11.4. The zero-order valence-corrected chi connectivity index (χ0v) is 18.9. The van der Waals surface area contributed by atoms with Crippen LogP contribution in [0.1, 0.15) is 6.42 Å². The van der Waals surface area contributed by atoms with Gasteiger partial charge in [-0.1, -0.05) is 0 Å². The summed E-state index contributed by atoms with van der Waals surface area (Å²) in [5.41, 5.74) is 21.6. The van der Waals surface area contributed by atoms with E-state index in [9.17, 15) is 40.9 Å². The standard InChI is InChI=1S/C19H38N4O12/c20-2-7-10(27)11(28)8(23)17(32-7)33-14-6(22)1-5(21)9(26)15(14)34-18-13(30)12(29)16(31)19(3-24,4-25)35-18/h5-18,24-31H,1-4,20-23H2/t5-,6-,7+,8+,9-,10-,11-,12-,13+,14-,15-,16+,17-,18-/m1/s1. The summed E-state index contributed by atoms with van der Waals surface area (Å²) in [7, 11) is 0. The molecule has 2 heterocycles. The van der Waals surface area contributed by atoms with E-state index in [0.717, 1.165) is 0 Å². The predicted octanol–water partition coefficient (Wildman–Crippen LogP) is -7.93. The Labute approximate surface area is 200 Å². The number of hydrogen-bond donors (Lipinski definition) is 12. The number of aliphatic hydroxyl groups excluding tert-OH is 8. The largest absolute Gasteiger partial charge is 0.393 e. The Morgan fingerprint density at radius 1 is 0.743 bits per heavy atom. The maximum atomic E-state index is 10.8. The molecule has 0 spiro atoms. The number of hydrogen-bond acceptors (Lipinski definition) is 16. The van der Waals surface area contributed by atoms with Gasteiger partial charge in [0.2, 0.25) is 0 Å². The molecule has 2 saturated heterocycles. The van der Waals surface area contributed by atoms with Gasteiger partial charge in [0, 0.05) is 18.6 Å². The van der Waals surface area contributed by atoms with E-state index in [0.29, 0.717) is 0 Å². The van der Waals surface area contributed by atoms with Gasteiger partial charge in [-0.3, -0.25) is 0 Å². The summed E-state index contributed by atoms with van der Waals surface area (Å²) in [5.74, 6) is 0. The minimum atomic E-state index is -2.09. The van der Waals surface area contributed by atoms with Gasteiger partial charge < -0.3 is 82.7 Å². The van der Waals surface area contributed by atoms with E-state index in [4.69, 9.17) is 41.9 Å². The maximum Gasteiger partial charge on any atom is 0.187 e. The Kier molecular flexibility index (Phi) is 9.42. The SMILES string of the molecule is NC[C@@H]1O[C@H](O[C@H]2[C@H](O[C@@H]3OC(CO)(CO)[C@@H](O)[C@H](O)[C@@H]3O)[C@H](O)[C@H](N)C[C@H]2N)[C@@H](N)[C@@H](O)[C@@H]1O. The van der Waals surface area contributed by atoms with E-state index < -0.39 is 104 Å². The second-order valence-electron chi connectivity index (χ2n) is 9.39. The Morgan fingerprint density at radius 2 is 1.34 bits per heavy atom. The fraction of sp³-hybridized carbons (Fsp3) is 1.00. The smallest absolute Gasteiger partial charge is 0.187 e. The summed E-state index contributed by atoms with van der Waals surface area (Å²) in [5, 5.41) is 81.4. The Hall–Kier alpha value is -0.640. The molecule has 0 aromatic heterocycles. The summed E-state index contributed by atoms with van der Waals surface area (Å²) in [4.78, 5) is 0. The van der Waals surface area contributed by atoms with E-state index in [1.165, 1.54) is 0 Å². The molecule has 206 valence electrons. The van der Waals surface area contributed by atoms with Crippen LogP contribution < -0.4 is 22.9 Å². The van der Waals surface area contributed by atoms with Crippen LogP contribution in [0.5, 0.6) is 0 Å². The van der Waals surface area contributed by atoms with Gasteiger partial charge in [-0.25, -0.2) is 0 Å². The first-order valence-electron chi connectivity index (χ1n) is 11.3. The van der Waals surface area contributed by atoms with Crippen LogP contribution in [0.4, 0.5) is 0 Å². The van der Waals surface area contributed by atoms with Crippen LogP contribution in [-0.4, -0.2) is 152 Å². The topological polar surface area (TPSA) is 303 Å². The third kappa shape index (κ3) is 5.34. The molecule has 14 atom stereocenters. The van der Waals surface area contributed by atoms with Gasteiger partial charge in [-0.2, -0.15) is 0 Å². The summed E-state index contributed by atoms with van der Waals surface area (Å²) < 4.78 is 22.6. The number of rotatable bonds is 7. The normalized spacial score (nSPS) is 50.7. The molecular weight excluding hydrogens is 476 g/mol. The first-order valence-corrected chi connectivity index (χ1v) is 11.3. The van der Waals surface area contributed by atoms with Gasteiger partial charge in [0.1, 0.15) is 54.4 Å². The molecule has 1 aliphatic carbocycles. The zero-order valence-electron chi connectivity index (χ0n) is 18.9. The minimum Gasteiger partial charge on any atom is -0.393 e.